The van der Waals surface area contributed by atoms with Gasteiger partial charge in [0.15, 0.2) is 0 Å². The summed E-state index contributed by atoms with van der Waals surface area (Å²) in [4.78, 5) is 22.2. The van der Waals surface area contributed by atoms with Gasteiger partial charge in [0, 0.05) is 36.4 Å². The molecule has 1 aromatic carbocycles. The highest BCUT2D eigenvalue weighted by molar-refractivity contribution is 6.32. The van der Waals surface area contributed by atoms with Gasteiger partial charge in [-0.05, 0) is 31.0 Å². The molecule has 4 N–H and O–H groups in total. The molecule has 1 aliphatic rings. The molecule has 1 fully saturated rings. The molecule has 8 nitrogen and oxygen atoms in total. The van der Waals surface area contributed by atoms with E-state index < -0.39 is 0 Å². The fourth-order valence-corrected chi connectivity index (χ4v) is 3.49. The summed E-state index contributed by atoms with van der Waals surface area (Å²) >= 11 is 6.53. The Balaban J connectivity index is 2.00. The number of carbonyl (C=O) groups is 1. The van der Waals surface area contributed by atoms with Crippen LogP contribution in [0.15, 0.2) is 18.2 Å². The van der Waals surface area contributed by atoms with Crippen molar-refractivity contribution in [3.63, 3.8) is 0 Å². The Labute approximate surface area is 168 Å². The maximum absolute atomic E-state index is 11.7. The molecule has 0 spiro atoms. The second-order valence-corrected chi connectivity index (χ2v) is 7.06. The van der Waals surface area contributed by atoms with Crippen LogP contribution in [0.25, 0.3) is 0 Å². The van der Waals surface area contributed by atoms with E-state index in [9.17, 15) is 9.90 Å². The van der Waals surface area contributed by atoms with E-state index in [-0.39, 0.29) is 29.3 Å². The van der Waals surface area contributed by atoms with Crippen molar-refractivity contribution in [2.45, 2.75) is 32.7 Å². The van der Waals surface area contributed by atoms with Gasteiger partial charge in [-0.15, -0.1) is 0 Å². The van der Waals surface area contributed by atoms with Gasteiger partial charge in [0.1, 0.15) is 11.6 Å². The van der Waals surface area contributed by atoms with Crippen molar-refractivity contribution in [2.24, 2.45) is 0 Å². The SMILES string of the molecule is CCC(=O)Nc1cc(Cl)c(C2COCCCN2c2cc(C)nc(N)n2)cc1O. The number of rotatable bonds is 4. The molecule has 1 aromatic heterocycles. The molecule has 1 atom stereocenters. The summed E-state index contributed by atoms with van der Waals surface area (Å²) in [7, 11) is 0. The number of halogens is 1. The van der Waals surface area contributed by atoms with Gasteiger partial charge in [-0.1, -0.05) is 18.5 Å². The van der Waals surface area contributed by atoms with E-state index in [2.05, 4.69) is 20.2 Å². The Morgan fingerprint density at radius 3 is 2.93 bits per heavy atom. The standard InChI is InChI=1S/C19H24ClN5O3/c1-3-18(27)23-14-9-13(20)12(8-16(14)26)15-10-28-6-4-5-25(15)17-7-11(2)22-19(21)24-17/h7-9,15,26H,3-6,10H2,1-2H3,(H,23,27)(H2,21,22,24). The number of ether oxygens (including phenoxy) is 1. The lowest BCUT2D eigenvalue weighted by Gasteiger charge is -2.31. The van der Waals surface area contributed by atoms with Crippen molar-refractivity contribution in [1.29, 1.82) is 0 Å². The molecule has 150 valence electrons. The van der Waals surface area contributed by atoms with E-state index in [0.717, 1.165) is 12.1 Å². The summed E-state index contributed by atoms with van der Waals surface area (Å²) < 4.78 is 5.75. The van der Waals surface area contributed by atoms with Crippen LogP contribution in [-0.2, 0) is 9.53 Å². The molecule has 0 bridgehead atoms. The number of nitrogens with zero attached hydrogens (tertiary/aromatic N) is 3. The van der Waals surface area contributed by atoms with Crippen LogP contribution in [0.1, 0.15) is 37.1 Å². The highest BCUT2D eigenvalue weighted by atomic mass is 35.5. The number of amides is 1. The van der Waals surface area contributed by atoms with Crippen molar-refractivity contribution in [3.8, 4) is 5.75 Å². The number of benzene rings is 1. The Bertz CT molecular complexity index is 857. The van der Waals surface area contributed by atoms with Crippen LogP contribution in [0, 0.1) is 6.92 Å². The Kier molecular flexibility index (Phi) is 6.21. The minimum atomic E-state index is -0.273. The Morgan fingerprint density at radius 2 is 2.21 bits per heavy atom. The number of nitrogens with one attached hydrogen (secondary N) is 1. The number of hydrogen-bond acceptors (Lipinski definition) is 7. The van der Waals surface area contributed by atoms with Gasteiger partial charge >= 0.3 is 0 Å². The summed E-state index contributed by atoms with van der Waals surface area (Å²) in [5.41, 5.74) is 7.57. The van der Waals surface area contributed by atoms with Crippen LogP contribution < -0.4 is 16.0 Å². The molecule has 0 saturated carbocycles. The molecule has 0 radical (unpaired) electrons. The molecule has 1 amide bonds. The van der Waals surface area contributed by atoms with Crippen LogP contribution >= 0.6 is 11.6 Å². The van der Waals surface area contributed by atoms with Crippen molar-refractivity contribution in [1.82, 2.24) is 9.97 Å². The van der Waals surface area contributed by atoms with E-state index >= 15 is 0 Å². The van der Waals surface area contributed by atoms with Crippen LogP contribution in [0.5, 0.6) is 5.75 Å². The summed E-state index contributed by atoms with van der Waals surface area (Å²) in [5.74, 6) is 0.624. The normalized spacial score (nSPS) is 17.2. The molecule has 1 unspecified atom stereocenters. The average molecular weight is 406 g/mol. The number of hydrogen-bond donors (Lipinski definition) is 3. The second-order valence-electron chi connectivity index (χ2n) is 6.66. The summed E-state index contributed by atoms with van der Waals surface area (Å²) in [5, 5.41) is 13.5. The summed E-state index contributed by atoms with van der Waals surface area (Å²) in [6.07, 6.45) is 1.12. The first kappa shape index (κ1) is 20.2. The van der Waals surface area contributed by atoms with E-state index in [1.54, 1.807) is 19.1 Å². The second kappa shape index (κ2) is 8.62. The smallest absolute Gasteiger partial charge is 0.224 e. The van der Waals surface area contributed by atoms with Crippen LogP contribution in [0.3, 0.4) is 0 Å². The number of aryl methyl sites for hydroxylation is 1. The van der Waals surface area contributed by atoms with Gasteiger partial charge in [0.05, 0.1) is 18.3 Å². The summed E-state index contributed by atoms with van der Waals surface area (Å²) in [6, 6.07) is 4.71. The van der Waals surface area contributed by atoms with Gasteiger partial charge in [0.25, 0.3) is 0 Å². The van der Waals surface area contributed by atoms with Crippen LogP contribution in [0.4, 0.5) is 17.5 Å². The van der Waals surface area contributed by atoms with E-state index in [4.69, 9.17) is 22.1 Å². The predicted octanol–water partition coefficient (Wildman–Crippen LogP) is 3.04. The molecule has 2 heterocycles. The van der Waals surface area contributed by atoms with Gasteiger partial charge in [-0.2, -0.15) is 4.98 Å². The molecule has 2 aromatic rings. The van der Waals surface area contributed by atoms with Gasteiger partial charge in [-0.25, -0.2) is 4.98 Å². The molecule has 0 aliphatic carbocycles. The highest BCUT2D eigenvalue weighted by Crippen LogP contribution is 2.38. The average Bonchev–Trinajstić information content (AvgIpc) is 2.89. The van der Waals surface area contributed by atoms with Gasteiger partial charge in [0.2, 0.25) is 11.9 Å². The first-order valence-electron chi connectivity index (χ1n) is 9.16. The number of carbonyl (C=O) groups excluding carboxylic acids is 1. The van der Waals surface area contributed by atoms with Crippen LogP contribution in [-0.4, -0.2) is 40.7 Å². The van der Waals surface area contributed by atoms with E-state index in [1.165, 1.54) is 0 Å². The fourth-order valence-electron chi connectivity index (χ4n) is 3.20. The maximum Gasteiger partial charge on any atom is 0.224 e. The molecule has 28 heavy (non-hydrogen) atoms. The zero-order valence-electron chi connectivity index (χ0n) is 15.9. The third kappa shape index (κ3) is 4.45. The number of phenols is 1. The number of anilines is 3. The molecule has 1 aliphatic heterocycles. The lowest BCUT2D eigenvalue weighted by Crippen LogP contribution is -2.32. The monoisotopic (exact) mass is 405 g/mol. The summed E-state index contributed by atoms with van der Waals surface area (Å²) in [6.45, 7) is 5.27. The molecular formula is C19H24ClN5O3. The van der Waals surface area contributed by atoms with Crippen molar-refractivity contribution >= 4 is 35.0 Å². The third-order valence-corrected chi connectivity index (χ3v) is 4.89. The molecule has 3 rings (SSSR count). The first-order valence-corrected chi connectivity index (χ1v) is 9.54. The fraction of sp³-hybridized carbons (Fsp3) is 0.421. The third-order valence-electron chi connectivity index (χ3n) is 4.56. The minimum absolute atomic E-state index is 0.0521. The van der Waals surface area contributed by atoms with Crippen molar-refractivity contribution in [2.75, 3.05) is 35.7 Å². The zero-order valence-corrected chi connectivity index (χ0v) is 16.7. The minimum Gasteiger partial charge on any atom is -0.506 e. The number of phenolic OH excluding ortho intramolecular Hbond substituents is 1. The lowest BCUT2D eigenvalue weighted by atomic mass is 10.0. The topological polar surface area (TPSA) is 114 Å². The Hall–Kier alpha value is -2.58. The quantitative estimate of drug-likeness (QED) is 0.670. The number of aromatic nitrogens is 2. The first-order chi connectivity index (χ1) is 13.4. The number of nitrogens with two attached hydrogens (primary N) is 1. The largest absolute Gasteiger partial charge is 0.506 e. The predicted molar refractivity (Wildman–Crippen MR) is 109 cm³/mol. The van der Waals surface area contributed by atoms with Crippen LogP contribution in [0.2, 0.25) is 5.02 Å². The highest BCUT2D eigenvalue weighted by Gasteiger charge is 2.28. The molecule has 9 heteroatoms. The Morgan fingerprint density at radius 1 is 1.43 bits per heavy atom. The molecular weight excluding hydrogens is 382 g/mol. The zero-order chi connectivity index (χ0) is 20.3. The number of aromatic hydroxyl groups is 1. The van der Waals surface area contributed by atoms with Gasteiger partial charge < -0.3 is 25.8 Å². The maximum atomic E-state index is 11.7. The van der Waals surface area contributed by atoms with Gasteiger partial charge in [-0.3, -0.25) is 4.79 Å². The van der Waals surface area contributed by atoms with Crippen molar-refractivity contribution in [3.05, 3.63) is 34.5 Å². The number of nitrogen functional groups attached to an aromatic ring is 1. The van der Waals surface area contributed by atoms with E-state index in [0.29, 0.717) is 42.6 Å². The van der Waals surface area contributed by atoms with E-state index in [1.807, 2.05) is 13.0 Å². The molecule has 1 saturated heterocycles. The lowest BCUT2D eigenvalue weighted by molar-refractivity contribution is -0.115. The van der Waals surface area contributed by atoms with Crippen molar-refractivity contribution < 1.29 is 14.6 Å².